The second-order valence-electron chi connectivity index (χ2n) is 7.70. The fourth-order valence-electron chi connectivity index (χ4n) is 4.03. The molecule has 148 valence electrons. The highest BCUT2D eigenvalue weighted by atomic mass is 16.5. The van der Waals surface area contributed by atoms with Crippen LogP contribution in [0.15, 0.2) is 18.2 Å². The first-order chi connectivity index (χ1) is 13.1. The number of hydrogen-bond donors (Lipinski definition) is 1. The maximum absolute atomic E-state index is 12.6. The van der Waals surface area contributed by atoms with Crippen LogP contribution in [-0.4, -0.2) is 55.0 Å². The van der Waals surface area contributed by atoms with Gasteiger partial charge in [-0.2, -0.15) is 0 Å². The maximum Gasteiger partial charge on any atom is 0.320 e. The van der Waals surface area contributed by atoms with Crippen LogP contribution in [0.5, 0.6) is 5.75 Å². The number of benzene rings is 1. The molecule has 6 nitrogen and oxygen atoms in total. The van der Waals surface area contributed by atoms with E-state index in [1.165, 1.54) is 0 Å². The van der Waals surface area contributed by atoms with Crippen molar-refractivity contribution in [3.05, 3.63) is 23.8 Å². The molecule has 2 heterocycles. The summed E-state index contributed by atoms with van der Waals surface area (Å²) in [5.74, 6) is 1.23. The van der Waals surface area contributed by atoms with E-state index in [2.05, 4.69) is 5.32 Å². The Bertz CT molecular complexity index is 671. The Balaban J connectivity index is 1.46. The number of amides is 3. The second-order valence-corrected chi connectivity index (χ2v) is 7.70. The Morgan fingerprint density at radius 3 is 2.59 bits per heavy atom. The lowest BCUT2D eigenvalue weighted by molar-refractivity contribution is -0.116. The Labute approximate surface area is 161 Å². The molecule has 0 radical (unpaired) electrons. The van der Waals surface area contributed by atoms with Gasteiger partial charge in [-0.15, -0.1) is 0 Å². The van der Waals surface area contributed by atoms with Crippen molar-refractivity contribution in [1.29, 1.82) is 0 Å². The molecule has 1 atom stereocenters. The largest absolute Gasteiger partial charge is 0.497 e. The molecule has 0 spiro atoms. The summed E-state index contributed by atoms with van der Waals surface area (Å²) in [6.45, 7) is 5.38. The number of carbonyl (C=O) groups excluding carboxylic acids is 2. The number of likely N-dealkylation sites (tertiary alicyclic amines) is 2. The van der Waals surface area contributed by atoms with Gasteiger partial charge in [-0.1, -0.05) is 0 Å². The topological polar surface area (TPSA) is 61.9 Å². The van der Waals surface area contributed by atoms with Crippen LogP contribution in [0.25, 0.3) is 0 Å². The lowest BCUT2D eigenvalue weighted by atomic mass is 9.93. The summed E-state index contributed by atoms with van der Waals surface area (Å²) in [5.41, 5.74) is 1.82. The van der Waals surface area contributed by atoms with Gasteiger partial charge in [0.1, 0.15) is 5.75 Å². The highest BCUT2D eigenvalue weighted by molar-refractivity contribution is 5.91. The van der Waals surface area contributed by atoms with Crippen molar-refractivity contribution in [3.63, 3.8) is 0 Å². The van der Waals surface area contributed by atoms with Gasteiger partial charge in [-0.3, -0.25) is 4.79 Å². The molecular weight excluding hydrogens is 342 g/mol. The summed E-state index contributed by atoms with van der Waals surface area (Å²) in [5, 5.41) is 3.00. The molecule has 2 aliphatic rings. The third-order valence-corrected chi connectivity index (χ3v) is 5.65. The van der Waals surface area contributed by atoms with Gasteiger partial charge in [0.25, 0.3) is 0 Å². The van der Waals surface area contributed by atoms with E-state index < -0.39 is 0 Å². The molecule has 1 aromatic carbocycles. The maximum atomic E-state index is 12.6. The number of rotatable bonds is 5. The van der Waals surface area contributed by atoms with Crippen LogP contribution < -0.4 is 10.1 Å². The van der Waals surface area contributed by atoms with Crippen LogP contribution in [0, 0.1) is 12.8 Å². The van der Waals surface area contributed by atoms with Crippen molar-refractivity contribution in [3.8, 4) is 5.75 Å². The van der Waals surface area contributed by atoms with Crippen LogP contribution in [0.4, 0.5) is 10.5 Å². The van der Waals surface area contributed by atoms with E-state index >= 15 is 0 Å². The number of hydrogen-bond acceptors (Lipinski definition) is 3. The third kappa shape index (κ3) is 5.15. The molecule has 1 aromatic rings. The van der Waals surface area contributed by atoms with Crippen molar-refractivity contribution in [1.82, 2.24) is 9.80 Å². The van der Waals surface area contributed by atoms with Crippen LogP contribution >= 0.6 is 0 Å². The number of carbonyl (C=O) groups is 2. The highest BCUT2D eigenvalue weighted by Crippen LogP contribution is 2.24. The number of urea groups is 1. The standard InChI is InChI=1S/C21H31N3O3/c1-16-14-18(27-2)8-9-19(16)22-20(25)10-7-17-6-5-13-24(15-17)21(26)23-11-3-4-12-23/h8-9,14,17H,3-7,10-13,15H2,1-2H3,(H,22,25). The number of aryl methyl sites for hydroxylation is 1. The Kier molecular flexibility index (Phi) is 6.58. The van der Waals surface area contributed by atoms with E-state index in [1.54, 1.807) is 7.11 Å². The van der Waals surface area contributed by atoms with Gasteiger partial charge in [-0.25, -0.2) is 4.79 Å². The van der Waals surface area contributed by atoms with Gasteiger partial charge in [0.05, 0.1) is 7.11 Å². The van der Waals surface area contributed by atoms with E-state index in [4.69, 9.17) is 4.74 Å². The molecule has 1 N–H and O–H groups in total. The van der Waals surface area contributed by atoms with Crippen LogP contribution in [0.2, 0.25) is 0 Å². The lowest BCUT2D eigenvalue weighted by Crippen LogP contribution is -2.46. The highest BCUT2D eigenvalue weighted by Gasteiger charge is 2.28. The zero-order valence-electron chi connectivity index (χ0n) is 16.5. The fraction of sp³-hybridized carbons (Fsp3) is 0.619. The van der Waals surface area contributed by atoms with E-state index in [1.807, 2.05) is 34.9 Å². The monoisotopic (exact) mass is 373 g/mol. The lowest BCUT2D eigenvalue weighted by Gasteiger charge is -2.35. The first-order valence-electron chi connectivity index (χ1n) is 10.0. The third-order valence-electron chi connectivity index (χ3n) is 5.65. The summed E-state index contributed by atoms with van der Waals surface area (Å²) in [6, 6.07) is 5.84. The van der Waals surface area contributed by atoms with Gasteiger partial charge in [-0.05, 0) is 68.7 Å². The van der Waals surface area contributed by atoms with Gasteiger partial charge < -0.3 is 19.9 Å². The number of ether oxygens (including phenoxy) is 1. The first-order valence-corrected chi connectivity index (χ1v) is 10.0. The van der Waals surface area contributed by atoms with Crippen molar-refractivity contribution >= 4 is 17.6 Å². The predicted octanol–water partition coefficient (Wildman–Crippen LogP) is 3.65. The molecule has 0 bridgehead atoms. The molecule has 0 aromatic heterocycles. The number of piperidine rings is 1. The van der Waals surface area contributed by atoms with Crippen molar-refractivity contribution < 1.29 is 14.3 Å². The Morgan fingerprint density at radius 1 is 1.15 bits per heavy atom. The average Bonchev–Trinajstić information content (AvgIpc) is 3.22. The van der Waals surface area contributed by atoms with Crippen LogP contribution in [0.1, 0.15) is 44.1 Å². The summed E-state index contributed by atoms with van der Waals surface area (Å²) < 4.78 is 5.20. The van der Waals surface area contributed by atoms with Gasteiger partial charge in [0.2, 0.25) is 5.91 Å². The Morgan fingerprint density at radius 2 is 1.89 bits per heavy atom. The quantitative estimate of drug-likeness (QED) is 0.857. The molecular formula is C21H31N3O3. The second kappa shape index (κ2) is 9.11. The van der Waals surface area contributed by atoms with Gasteiger partial charge >= 0.3 is 6.03 Å². The zero-order valence-corrected chi connectivity index (χ0v) is 16.5. The smallest absolute Gasteiger partial charge is 0.320 e. The molecule has 0 saturated carbocycles. The summed E-state index contributed by atoms with van der Waals surface area (Å²) in [4.78, 5) is 28.9. The van der Waals surface area contributed by atoms with Crippen LogP contribution in [0.3, 0.4) is 0 Å². The summed E-state index contributed by atoms with van der Waals surface area (Å²) in [6.07, 6.45) is 5.68. The minimum Gasteiger partial charge on any atom is -0.497 e. The fourth-order valence-corrected chi connectivity index (χ4v) is 4.03. The molecule has 3 amide bonds. The van der Waals surface area contributed by atoms with E-state index in [9.17, 15) is 9.59 Å². The molecule has 2 fully saturated rings. The number of methoxy groups -OCH3 is 1. The predicted molar refractivity (Wildman–Crippen MR) is 106 cm³/mol. The van der Waals surface area contributed by atoms with E-state index in [-0.39, 0.29) is 11.9 Å². The van der Waals surface area contributed by atoms with Crippen molar-refractivity contribution in [2.24, 2.45) is 5.92 Å². The molecule has 3 rings (SSSR count). The SMILES string of the molecule is COc1ccc(NC(=O)CCC2CCCN(C(=O)N3CCCC3)C2)c(C)c1. The minimum atomic E-state index is 0.0336. The van der Waals surface area contributed by atoms with Crippen molar-refractivity contribution in [2.75, 3.05) is 38.6 Å². The molecule has 27 heavy (non-hydrogen) atoms. The number of anilines is 1. The van der Waals surface area contributed by atoms with Crippen molar-refractivity contribution in [2.45, 2.75) is 45.4 Å². The van der Waals surface area contributed by atoms with Crippen LogP contribution in [-0.2, 0) is 4.79 Å². The summed E-state index contributed by atoms with van der Waals surface area (Å²) >= 11 is 0. The molecule has 2 aliphatic heterocycles. The molecule has 2 saturated heterocycles. The first kappa shape index (κ1) is 19.5. The van der Waals surface area contributed by atoms with E-state index in [0.717, 1.165) is 75.3 Å². The minimum absolute atomic E-state index is 0.0336. The average molecular weight is 373 g/mol. The van der Waals surface area contributed by atoms with Gasteiger partial charge in [0.15, 0.2) is 0 Å². The summed E-state index contributed by atoms with van der Waals surface area (Å²) in [7, 11) is 1.63. The number of nitrogens with zero attached hydrogens (tertiary/aromatic N) is 2. The molecule has 0 aliphatic carbocycles. The van der Waals surface area contributed by atoms with Gasteiger partial charge in [0, 0.05) is 38.3 Å². The molecule has 6 heteroatoms. The number of nitrogens with one attached hydrogen (secondary N) is 1. The zero-order chi connectivity index (χ0) is 19.2. The molecule has 1 unspecified atom stereocenters. The van der Waals surface area contributed by atoms with E-state index in [0.29, 0.717) is 12.3 Å². The Hall–Kier alpha value is -2.24. The normalized spacial score (nSPS) is 19.9.